The summed E-state index contributed by atoms with van der Waals surface area (Å²) in [6.07, 6.45) is 1.74. The van der Waals surface area contributed by atoms with Crippen LogP contribution in [0.1, 0.15) is 11.4 Å². The molecule has 0 unspecified atom stereocenters. The molecular formula is C14H10Cl3N3. The van der Waals surface area contributed by atoms with Crippen LogP contribution in [0.2, 0.25) is 10.0 Å². The molecule has 3 nitrogen and oxygen atoms in total. The molecule has 3 aromatic rings. The molecule has 0 saturated carbocycles. The Balaban J connectivity index is 2.07. The summed E-state index contributed by atoms with van der Waals surface area (Å²) in [6, 6.07) is 9.34. The molecule has 2 aromatic heterocycles. The quantitative estimate of drug-likeness (QED) is 0.662. The Hall–Kier alpha value is -1.29. The summed E-state index contributed by atoms with van der Waals surface area (Å²) in [7, 11) is 0. The number of halogens is 3. The zero-order valence-electron chi connectivity index (χ0n) is 10.4. The maximum absolute atomic E-state index is 6.05. The van der Waals surface area contributed by atoms with Crippen molar-refractivity contribution in [3.05, 3.63) is 58.0 Å². The van der Waals surface area contributed by atoms with Gasteiger partial charge in [0.2, 0.25) is 0 Å². The number of hydrogen-bond acceptors (Lipinski definition) is 2. The maximum atomic E-state index is 6.05. The van der Waals surface area contributed by atoms with E-state index in [9.17, 15) is 0 Å². The average molecular weight is 327 g/mol. The summed E-state index contributed by atoms with van der Waals surface area (Å²) in [5, 5.41) is 1.08. The van der Waals surface area contributed by atoms with Gasteiger partial charge < -0.3 is 4.57 Å². The van der Waals surface area contributed by atoms with Gasteiger partial charge in [-0.2, -0.15) is 0 Å². The largest absolute Gasteiger partial charge is 0.307 e. The zero-order chi connectivity index (χ0) is 14.1. The third kappa shape index (κ3) is 2.49. The number of hydrogen-bond donors (Lipinski definition) is 0. The van der Waals surface area contributed by atoms with Crippen LogP contribution in [0.4, 0.5) is 0 Å². The number of nitrogens with zero attached hydrogens (tertiary/aromatic N) is 3. The predicted octanol–water partition coefficient (Wildman–Crippen LogP) is 4.53. The van der Waals surface area contributed by atoms with Crippen molar-refractivity contribution >= 4 is 46.0 Å². The van der Waals surface area contributed by atoms with Crippen molar-refractivity contribution in [2.45, 2.75) is 12.4 Å². The molecule has 20 heavy (non-hydrogen) atoms. The number of imidazole rings is 1. The molecule has 0 saturated heterocycles. The number of rotatable bonds is 3. The van der Waals surface area contributed by atoms with Gasteiger partial charge in [0.25, 0.3) is 0 Å². The van der Waals surface area contributed by atoms with Gasteiger partial charge >= 0.3 is 0 Å². The summed E-state index contributed by atoms with van der Waals surface area (Å²) in [5.41, 5.74) is 2.67. The Labute approximate surface area is 131 Å². The van der Waals surface area contributed by atoms with Crippen molar-refractivity contribution in [3.63, 3.8) is 0 Å². The lowest BCUT2D eigenvalue weighted by atomic mass is 10.2. The van der Waals surface area contributed by atoms with E-state index in [1.807, 2.05) is 28.8 Å². The van der Waals surface area contributed by atoms with Gasteiger partial charge in [0.15, 0.2) is 5.65 Å². The van der Waals surface area contributed by atoms with E-state index >= 15 is 0 Å². The standard InChI is InChI=1S/C14H10Cl3N3/c15-7-13-19-12-2-1-5-18-14(12)20(13)8-9-3-4-10(16)11(17)6-9/h1-6H,7-8H2. The van der Waals surface area contributed by atoms with Crippen molar-refractivity contribution < 1.29 is 0 Å². The smallest absolute Gasteiger partial charge is 0.160 e. The van der Waals surface area contributed by atoms with Crippen LogP contribution in [0.5, 0.6) is 0 Å². The molecule has 0 aliphatic heterocycles. The first-order chi connectivity index (χ1) is 9.69. The van der Waals surface area contributed by atoms with Crippen LogP contribution in [0.3, 0.4) is 0 Å². The van der Waals surface area contributed by atoms with E-state index in [-0.39, 0.29) is 0 Å². The van der Waals surface area contributed by atoms with Gasteiger partial charge in [-0.25, -0.2) is 9.97 Å². The molecule has 0 bridgehead atoms. The third-order valence-corrected chi connectivity index (χ3v) is 4.01. The molecule has 0 spiro atoms. The number of aromatic nitrogens is 3. The van der Waals surface area contributed by atoms with Crippen molar-refractivity contribution in [3.8, 4) is 0 Å². The molecule has 6 heteroatoms. The lowest BCUT2D eigenvalue weighted by Gasteiger charge is -2.08. The SMILES string of the molecule is ClCc1nc2cccnc2n1Cc1ccc(Cl)c(Cl)c1. The van der Waals surface area contributed by atoms with Gasteiger partial charge in [-0.15, -0.1) is 11.6 Å². The summed E-state index contributed by atoms with van der Waals surface area (Å²) < 4.78 is 1.99. The molecule has 2 heterocycles. The Bertz CT molecular complexity index is 767. The van der Waals surface area contributed by atoms with Crippen LogP contribution < -0.4 is 0 Å². The monoisotopic (exact) mass is 325 g/mol. The van der Waals surface area contributed by atoms with E-state index in [1.165, 1.54) is 0 Å². The Morgan fingerprint density at radius 3 is 2.70 bits per heavy atom. The minimum Gasteiger partial charge on any atom is -0.307 e. The van der Waals surface area contributed by atoms with Gasteiger partial charge in [-0.1, -0.05) is 29.3 Å². The minimum atomic E-state index is 0.331. The Kier molecular flexibility index (Phi) is 3.83. The molecule has 0 amide bonds. The zero-order valence-corrected chi connectivity index (χ0v) is 12.6. The summed E-state index contributed by atoms with van der Waals surface area (Å²) in [5.74, 6) is 1.11. The van der Waals surface area contributed by atoms with Crippen molar-refractivity contribution in [1.29, 1.82) is 0 Å². The maximum Gasteiger partial charge on any atom is 0.160 e. The normalized spacial score (nSPS) is 11.2. The number of pyridine rings is 1. The number of alkyl halides is 1. The van der Waals surface area contributed by atoms with Crippen LogP contribution >= 0.6 is 34.8 Å². The first kappa shape index (κ1) is 13.7. The van der Waals surface area contributed by atoms with Gasteiger partial charge in [-0.3, -0.25) is 0 Å². The van der Waals surface area contributed by atoms with Gasteiger partial charge in [0.05, 0.1) is 22.5 Å². The van der Waals surface area contributed by atoms with Crippen LogP contribution in [-0.4, -0.2) is 14.5 Å². The highest BCUT2D eigenvalue weighted by Gasteiger charge is 2.11. The Morgan fingerprint density at radius 2 is 1.95 bits per heavy atom. The van der Waals surface area contributed by atoms with Crippen LogP contribution in [0, 0.1) is 0 Å². The molecule has 0 N–H and O–H groups in total. The van der Waals surface area contributed by atoms with Gasteiger partial charge in [0.1, 0.15) is 11.3 Å². The van der Waals surface area contributed by atoms with Crippen LogP contribution in [0.15, 0.2) is 36.5 Å². The van der Waals surface area contributed by atoms with E-state index in [2.05, 4.69) is 9.97 Å². The second-order valence-electron chi connectivity index (χ2n) is 4.34. The van der Waals surface area contributed by atoms with Crippen LogP contribution in [-0.2, 0) is 12.4 Å². The molecule has 0 aliphatic carbocycles. The Morgan fingerprint density at radius 1 is 1.10 bits per heavy atom. The molecule has 1 aromatic carbocycles. The van der Waals surface area contributed by atoms with E-state index in [1.54, 1.807) is 12.3 Å². The molecular weight excluding hydrogens is 317 g/mol. The number of fused-ring (bicyclic) bond motifs is 1. The summed E-state index contributed by atoms with van der Waals surface area (Å²) >= 11 is 17.9. The third-order valence-electron chi connectivity index (χ3n) is 3.03. The van der Waals surface area contributed by atoms with Gasteiger partial charge in [0, 0.05) is 6.20 Å². The molecule has 0 fully saturated rings. The van der Waals surface area contributed by atoms with Crippen LogP contribution in [0.25, 0.3) is 11.2 Å². The fourth-order valence-electron chi connectivity index (χ4n) is 2.09. The predicted molar refractivity (Wildman–Crippen MR) is 82.6 cm³/mol. The second kappa shape index (κ2) is 5.60. The molecule has 0 radical (unpaired) electrons. The highest BCUT2D eigenvalue weighted by atomic mass is 35.5. The fourth-order valence-corrected chi connectivity index (χ4v) is 2.62. The van der Waals surface area contributed by atoms with E-state index in [0.29, 0.717) is 22.5 Å². The van der Waals surface area contributed by atoms with Crippen molar-refractivity contribution in [2.75, 3.05) is 0 Å². The molecule has 3 rings (SSSR count). The lowest BCUT2D eigenvalue weighted by Crippen LogP contribution is -2.04. The van der Waals surface area contributed by atoms with Crippen molar-refractivity contribution in [2.24, 2.45) is 0 Å². The van der Waals surface area contributed by atoms with Crippen molar-refractivity contribution in [1.82, 2.24) is 14.5 Å². The first-order valence-electron chi connectivity index (χ1n) is 5.99. The summed E-state index contributed by atoms with van der Waals surface area (Å²) in [6.45, 7) is 0.604. The molecule has 102 valence electrons. The highest BCUT2D eigenvalue weighted by molar-refractivity contribution is 6.42. The summed E-state index contributed by atoms with van der Waals surface area (Å²) in [4.78, 5) is 8.85. The fraction of sp³-hybridized carbons (Fsp3) is 0.143. The van der Waals surface area contributed by atoms with E-state index in [4.69, 9.17) is 34.8 Å². The minimum absolute atomic E-state index is 0.331. The first-order valence-corrected chi connectivity index (χ1v) is 7.28. The average Bonchev–Trinajstić information content (AvgIpc) is 2.81. The molecule has 0 aliphatic rings. The van der Waals surface area contributed by atoms with Gasteiger partial charge in [-0.05, 0) is 29.8 Å². The molecule has 0 atom stereocenters. The second-order valence-corrected chi connectivity index (χ2v) is 5.42. The lowest BCUT2D eigenvalue weighted by molar-refractivity contribution is 0.770. The van der Waals surface area contributed by atoms with E-state index < -0.39 is 0 Å². The highest BCUT2D eigenvalue weighted by Crippen LogP contribution is 2.24. The topological polar surface area (TPSA) is 30.7 Å². The number of benzene rings is 1. The van der Waals surface area contributed by atoms with E-state index in [0.717, 1.165) is 22.6 Å².